The predicted molar refractivity (Wildman–Crippen MR) is 114 cm³/mol. The molecule has 0 spiro atoms. The van der Waals surface area contributed by atoms with Gasteiger partial charge in [-0.3, -0.25) is 9.13 Å². The van der Waals surface area contributed by atoms with Gasteiger partial charge in [0, 0.05) is 31.9 Å². The zero-order chi connectivity index (χ0) is 20.5. The molecule has 0 aliphatic carbocycles. The summed E-state index contributed by atoms with van der Waals surface area (Å²) in [4.78, 5) is 20.1. The summed E-state index contributed by atoms with van der Waals surface area (Å²) in [5.74, 6) is 0. The number of imidazole rings is 1. The molecule has 0 radical (unpaired) electrons. The van der Waals surface area contributed by atoms with E-state index in [2.05, 4.69) is 22.0 Å². The number of anilines is 1. The summed E-state index contributed by atoms with van der Waals surface area (Å²) >= 11 is 0. The van der Waals surface area contributed by atoms with E-state index in [-0.39, 0.29) is 11.7 Å². The first-order chi connectivity index (χ1) is 14.0. The number of benzene rings is 1. The summed E-state index contributed by atoms with van der Waals surface area (Å²) in [5.41, 5.74) is 11.5. The molecular formula is C22H26N6O. The number of fused-ring (bicyclic) bond motifs is 1. The monoisotopic (exact) mass is 390 g/mol. The van der Waals surface area contributed by atoms with E-state index in [1.54, 1.807) is 16.2 Å². The molecule has 0 bridgehead atoms. The van der Waals surface area contributed by atoms with Crippen LogP contribution in [0.25, 0.3) is 11.2 Å². The van der Waals surface area contributed by atoms with Crippen molar-refractivity contribution in [1.29, 1.82) is 5.26 Å². The van der Waals surface area contributed by atoms with Gasteiger partial charge in [0.15, 0.2) is 5.65 Å². The van der Waals surface area contributed by atoms with Crippen LogP contribution in [0, 0.1) is 18.3 Å². The van der Waals surface area contributed by atoms with Gasteiger partial charge in [0.25, 0.3) is 0 Å². The molecule has 150 valence electrons. The van der Waals surface area contributed by atoms with Crippen LogP contribution in [0.5, 0.6) is 0 Å². The third-order valence-corrected chi connectivity index (χ3v) is 5.70. The summed E-state index contributed by atoms with van der Waals surface area (Å²) in [6.07, 6.45) is 2.37. The van der Waals surface area contributed by atoms with E-state index in [0.29, 0.717) is 18.6 Å². The van der Waals surface area contributed by atoms with Crippen LogP contribution >= 0.6 is 0 Å². The number of rotatable bonds is 4. The molecule has 1 aliphatic heterocycles. The van der Waals surface area contributed by atoms with Gasteiger partial charge in [0.05, 0.1) is 24.7 Å². The van der Waals surface area contributed by atoms with Gasteiger partial charge < -0.3 is 10.6 Å². The second-order valence-electron chi connectivity index (χ2n) is 7.83. The molecule has 1 aliphatic rings. The number of hydrogen-bond donors (Lipinski definition) is 1. The number of hydrogen-bond acceptors (Lipinski definition) is 5. The molecule has 3 aromatic rings. The highest BCUT2D eigenvalue weighted by Crippen LogP contribution is 2.29. The second kappa shape index (κ2) is 7.72. The molecule has 7 heteroatoms. The van der Waals surface area contributed by atoms with Gasteiger partial charge in [-0.1, -0.05) is 24.3 Å². The lowest BCUT2D eigenvalue weighted by atomic mass is 10.0. The SMILES string of the molecule is Cc1cc(N2CCC[C@@H](N)C2)c2c(n1)n(C)c(=O)n2Cc1ccccc1CC#N. The summed E-state index contributed by atoms with van der Waals surface area (Å²) in [5, 5.41) is 9.16. The van der Waals surface area contributed by atoms with Gasteiger partial charge in [-0.15, -0.1) is 0 Å². The molecule has 2 aromatic heterocycles. The maximum absolute atomic E-state index is 13.2. The first-order valence-electron chi connectivity index (χ1n) is 10.0. The van der Waals surface area contributed by atoms with E-state index in [1.807, 2.05) is 31.2 Å². The van der Waals surface area contributed by atoms with Gasteiger partial charge in [0.1, 0.15) is 5.52 Å². The minimum absolute atomic E-state index is 0.104. The quantitative estimate of drug-likeness (QED) is 0.736. The fourth-order valence-corrected chi connectivity index (χ4v) is 4.25. The van der Waals surface area contributed by atoms with Crippen LogP contribution in [0.15, 0.2) is 35.1 Å². The molecule has 1 aromatic carbocycles. The average Bonchev–Trinajstić information content (AvgIpc) is 2.94. The van der Waals surface area contributed by atoms with Crippen LogP contribution in [0.3, 0.4) is 0 Å². The van der Waals surface area contributed by atoms with Crippen molar-refractivity contribution in [2.24, 2.45) is 12.8 Å². The van der Waals surface area contributed by atoms with E-state index in [9.17, 15) is 4.79 Å². The van der Waals surface area contributed by atoms with Crippen LogP contribution in [0.1, 0.15) is 29.7 Å². The minimum atomic E-state index is -0.104. The highest BCUT2D eigenvalue weighted by Gasteiger charge is 2.24. The molecule has 1 atom stereocenters. The van der Waals surface area contributed by atoms with Crippen LogP contribution in [-0.4, -0.2) is 33.2 Å². The van der Waals surface area contributed by atoms with E-state index in [0.717, 1.165) is 54.0 Å². The predicted octanol–water partition coefficient (Wildman–Crippen LogP) is 2.09. The lowest BCUT2D eigenvalue weighted by Crippen LogP contribution is -2.43. The smallest absolute Gasteiger partial charge is 0.330 e. The Balaban J connectivity index is 1.90. The van der Waals surface area contributed by atoms with Crippen molar-refractivity contribution in [3.8, 4) is 6.07 Å². The standard InChI is InChI=1S/C22H26N6O/c1-15-12-19(27-11-5-8-18(24)14-27)20-21(25-15)26(2)22(29)28(20)13-17-7-4-3-6-16(17)9-10-23/h3-4,6-7,12,18H,5,8-9,11,13-14,24H2,1-2H3/t18-/m1/s1. The summed E-state index contributed by atoms with van der Waals surface area (Å²) in [7, 11) is 1.76. The average molecular weight is 390 g/mol. The molecule has 1 saturated heterocycles. The molecule has 1 fully saturated rings. The first-order valence-corrected chi connectivity index (χ1v) is 10.0. The Labute approximate surface area is 170 Å². The van der Waals surface area contributed by atoms with E-state index in [4.69, 9.17) is 11.0 Å². The Bertz CT molecular complexity index is 1150. The molecule has 0 saturated carbocycles. The lowest BCUT2D eigenvalue weighted by Gasteiger charge is -2.33. The molecule has 29 heavy (non-hydrogen) atoms. The summed E-state index contributed by atoms with van der Waals surface area (Å²) < 4.78 is 3.40. The van der Waals surface area contributed by atoms with Crippen molar-refractivity contribution < 1.29 is 0 Å². The molecule has 0 unspecified atom stereocenters. The van der Waals surface area contributed by atoms with Gasteiger partial charge in [0.2, 0.25) is 0 Å². The molecule has 3 heterocycles. The van der Waals surface area contributed by atoms with E-state index < -0.39 is 0 Å². The summed E-state index contributed by atoms with van der Waals surface area (Å²) in [6.45, 7) is 4.05. The fourth-order valence-electron chi connectivity index (χ4n) is 4.25. The normalized spacial score (nSPS) is 16.9. The van der Waals surface area contributed by atoms with Crippen molar-refractivity contribution in [2.75, 3.05) is 18.0 Å². The second-order valence-corrected chi connectivity index (χ2v) is 7.83. The Morgan fingerprint density at radius 2 is 2.07 bits per heavy atom. The fraction of sp³-hybridized carbons (Fsp3) is 0.409. The van der Waals surface area contributed by atoms with E-state index in [1.165, 1.54) is 0 Å². The van der Waals surface area contributed by atoms with Crippen molar-refractivity contribution in [3.63, 3.8) is 0 Å². The van der Waals surface area contributed by atoms with Gasteiger partial charge in [-0.05, 0) is 37.0 Å². The maximum atomic E-state index is 13.2. The number of nitrogens with zero attached hydrogens (tertiary/aromatic N) is 5. The third-order valence-electron chi connectivity index (χ3n) is 5.70. The minimum Gasteiger partial charge on any atom is -0.368 e. The van der Waals surface area contributed by atoms with Gasteiger partial charge >= 0.3 is 5.69 Å². The molecule has 0 amide bonds. The molecular weight excluding hydrogens is 364 g/mol. The van der Waals surface area contributed by atoms with Crippen LogP contribution in [-0.2, 0) is 20.0 Å². The number of aromatic nitrogens is 3. The van der Waals surface area contributed by atoms with Crippen LogP contribution < -0.4 is 16.3 Å². The van der Waals surface area contributed by atoms with Crippen molar-refractivity contribution in [1.82, 2.24) is 14.1 Å². The zero-order valence-electron chi connectivity index (χ0n) is 16.9. The number of nitriles is 1. The Hall–Kier alpha value is -3.11. The number of nitrogens with two attached hydrogens (primary N) is 1. The van der Waals surface area contributed by atoms with Gasteiger partial charge in [-0.25, -0.2) is 9.78 Å². The van der Waals surface area contributed by atoms with Crippen molar-refractivity contribution >= 4 is 16.9 Å². The molecule has 4 rings (SSSR count). The van der Waals surface area contributed by atoms with Crippen molar-refractivity contribution in [2.45, 2.75) is 38.8 Å². The Kier molecular flexibility index (Phi) is 5.12. The van der Waals surface area contributed by atoms with Crippen LogP contribution in [0.2, 0.25) is 0 Å². The number of aryl methyl sites for hydroxylation is 2. The lowest BCUT2D eigenvalue weighted by molar-refractivity contribution is 0.506. The number of piperidine rings is 1. The number of pyridine rings is 1. The van der Waals surface area contributed by atoms with Crippen molar-refractivity contribution in [3.05, 3.63) is 57.6 Å². The third kappa shape index (κ3) is 3.52. The zero-order valence-corrected chi connectivity index (χ0v) is 16.9. The first kappa shape index (κ1) is 19.2. The largest absolute Gasteiger partial charge is 0.368 e. The van der Waals surface area contributed by atoms with E-state index >= 15 is 0 Å². The molecule has 7 nitrogen and oxygen atoms in total. The summed E-state index contributed by atoms with van der Waals surface area (Å²) in [6, 6.07) is 12.2. The van der Waals surface area contributed by atoms with Crippen LogP contribution in [0.4, 0.5) is 5.69 Å². The topological polar surface area (TPSA) is 92.9 Å². The maximum Gasteiger partial charge on any atom is 0.330 e. The Morgan fingerprint density at radius 3 is 2.79 bits per heavy atom. The Morgan fingerprint density at radius 1 is 1.31 bits per heavy atom. The highest BCUT2D eigenvalue weighted by atomic mass is 16.1. The highest BCUT2D eigenvalue weighted by molar-refractivity contribution is 5.87. The molecule has 2 N–H and O–H groups in total. The van der Waals surface area contributed by atoms with Gasteiger partial charge in [-0.2, -0.15) is 5.26 Å².